The molecule has 1 aliphatic rings. The molecule has 1 heterocycles. The molecule has 0 aromatic heterocycles. The summed E-state index contributed by atoms with van der Waals surface area (Å²) in [5, 5.41) is 0. The first-order valence-electron chi connectivity index (χ1n) is 6.27. The number of hydrogen-bond acceptors (Lipinski definition) is 5. The molecule has 20 heavy (non-hydrogen) atoms. The normalized spacial score (nSPS) is 16.6. The van der Waals surface area contributed by atoms with Crippen LogP contribution >= 0.6 is 0 Å². The largest absolute Gasteiger partial charge is 0.353 e. The van der Waals surface area contributed by atoms with Gasteiger partial charge in [0.05, 0.1) is 11.8 Å². The topological polar surface area (TPSA) is 63.7 Å². The SMILES string of the molecule is CN1CC=C(c2ccc(C(=O)OS(C)(=O)=O)cc2)CC1. The highest BCUT2D eigenvalue weighted by molar-refractivity contribution is 7.86. The first-order chi connectivity index (χ1) is 9.35. The summed E-state index contributed by atoms with van der Waals surface area (Å²) in [6.45, 7) is 1.91. The molecular weight excluding hydrogens is 278 g/mol. The predicted octanol–water partition coefficient (Wildman–Crippen LogP) is 1.52. The van der Waals surface area contributed by atoms with Crippen molar-refractivity contribution >= 4 is 21.7 Å². The van der Waals surface area contributed by atoms with Crippen LogP contribution in [0.15, 0.2) is 30.3 Å². The van der Waals surface area contributed by atoms with Gasteiger partial charge in [0.15, 0.2) is 0 Å². The minimum atomic E-state index is -3.77. The highest BCUT2D eigenvalue weighted by Crippen LogP contribution is 2.22. The zero-order valence-electron chi connectivity index (χ0n) is 11.5. The Labute approximate surface area is 119 Å². The fourth-order valence-electron chi connectivity index (χ4n) is 2.04. The van der Waals surface area contributed by atoms with E-state index in [1.54, 1.807) is 12.1 Å². The van der Waals surface area contributed by atoms with Crippen molar-refractivity contribution in [2.45, 2.75) is 6.42 Å². The summed E-state index contributed by atoms with van der Waals surface area (Å²) in [6, 6.07) is 6.80. The first-order valence-corrected chi connectivity index (χ1v) is 8.08. The van der Waals surface area contributed by atoms with Crippen LogP contribution in [0, 0.1) is 0 Å². The Hall–Kier alpha value is -1.66. The van der Waals surface area contributed by atoms with Gasteiger partial charge < -0.3 is 9.08 Å². The standard InChI is InChI=1S/C14H17NO4S/c1-15-9-7-12(8-10-15)11-3-5-13(6-4-11)14(16)19-20(2,17)18/h3-7H,8-10H2,1-2H3. The van der Waals surface area contributed by atoms with Crippen LogP contribution in [0.2, 0.25) is 0 Å². The third-order valence-corrected chi connectivity index (χ3v) is 3.58. The van der Waals surface area contributed by atoms with Crippen molar-refractivity contribution in [3.05, 3.63) is 41.5 Å². The lowest BCUT2D eigenvalue weighted by molar-refractivity contribution is 0.0748. The molecule has 108 valence electrons. The minimum absolute atomic E-state index is 0.229. The number of benzene rings is 1. The lowest BCUT2D eigenvalue weighted by atomic mass is 9.99. The van der Waals surface area contributed by atoms with Gasteiger partial charge in [0, 0.05) is 13.1 Å². The van der Waals surface area contributed by atoms with Crippen LogP contribution in [0.4, 0.5) is 0 Å². The van der Waals surface area contributed by atoms with Crippen LogP contribution in [-0.4, -0.2) is 45.7 Å². The van der Waals surface area contributed by atoms with Gasteiger partial charge in [-0.05, 0) is 36.7 Å². The van der Waals surface area contributed by atoms with Crippen molar-refractivity contribution in [3.63, 3.8) is 0 Å². The van der Waals surface area contributed by atoms with Gasteiger partial charge in [0.2, 0.25) is 0 Å². The molecule has 1 aromatic rings. The smallest absolute Gasteiger partial charge is 0.341 e. The second-order valence-electron chi connectivity index (χ2n) is 4.89. The zero-order chi connectivity index (χ0) is 14.8. The maximum Gasteiger partial charge on any atom is 0.353 e. The summed E-state index contributed by atoms with van der Waals surface area (Å²) in [5.74, 6) is -0.851. The molecule has 0 saturated heterocycles. The van der Waals surface area contributed by atoms with Gasteiger partial charge >= 0.3 is 16.1 Å². The Kier molecular flexibility index (Phi) is 4.25. The molecule has 0 saturated carbocycles. The molecule has 1 aromatic carbocycles. The Balaban J connectivity index is 2.12. The van der Waals surface area contributed by atoms with E-state index >= 15 is 0 Å². The van der Waals surface area contributed by atoms with E-state index in [9.17, 15) is 13.2 Å². The van der Waals surface area contributed by atoms with Gasteiger partial charge in [-0.25, -0.2) is 4.79 Å². The third-order valence-electron chi connectivity index (χ3n) is 3.13. The van der Waals surface area contributed by atoms with Crippen molar-refractivity contribution in [1.82, 2.24) is 4.90 Å². The number of carbonyl (C=O) groups is 1. The van der Waals surface area contributed by atoms with E-state index in [-0.39, 0.29) is 5.56 Å². The summed E-state index contributed by atoms with van der Waals surface area (Å²) >= 11 is 0. The Bertz CT molecular complexity index is 632. The molecule has 0 bridgehead atoms. The molecule has 0 amide bonds. The number of likely N-dealkylation sites (N-methyl/N-ethyl adjacent to an activating group) is 1. The van der Waals surface area contributed by atoms with E-state index in [2.05, 4.69) is 22.2 Å². The van der Waals surface area contributed by atoms with E-state index in [1.165, 1.54) is 5.57 Å². The molecule has 0 radical (unpaired) electrons. The number of nitrogens with zero attached hydrogens (tertiary/aromatic N) is 1. The minimum Gasteiger partial charge on any atom is -0.341 e. The second kappa shape index (κ2) is 5.76. The van der Waals surface area contributed by atoms with Crippen molar-refractivity contribution < 1.29 is 17.4 Å². The number of hydrogen-bond donors (Lipinski definition) is 0. The lowest BCUT2D eigenvalue weighted by Crippen LogP contribution is -2.23. The number of carbonyl (C=O) groups excluding carboxylic acids is 1. The van der Waals surface area contributed by atoms with Gasteiger partial charge in [0.25, 0.3) is 0 Å². The summed E-state index contributed by atoms with van der Waals surface area (Å²) in [5.41, 5.74) is 2.52. The average Bonchev–Trinajstić information content (AvgIpc) is 2.38. The van der Waals surface area contributed by atoms with Crippen LogP contribution in [0.1, 0.15) is 22.3 Å². The van der Waals surface area contributed by atoms with E-state index in [0.717, 1.165) is 31.3 Å². The Morgan fingerprint density at radius 2 is 1.90 bits per heavy atom. The summed E-state index contributed by atoms with van der Waals surface area (Å²) in [7, 11) is -1.71. The van der Waals surface area contributed by atoms with Gasteiger partial charge in [-0.2, -0.15) is 8.42 Å². The van der Waals surface area contributed by atoms with Crippen LogP contribution in [-0.2, 0) is 14.3 Å². The van der Waals surface area contributed by atoms with Crippen molar-refractivity contribution in [1.29, 1.82) is 0 Å². The van der Waals surface area contributed by atoms with Gasteiger partial charge in [-0.3, -0.25) is 0 Å². The van der Waals surface area contributed by atoms with Gasteiger partial charge in [-0.1, -0.05) is 18.2 Å². The van der Waals surface area contributed by atoms with E-state index in [0.29, 0.717) is 0 Å². The van der Waals surface area contributed by atoms with E-state index in [1.807, 2.05) is 12.1 Å². The van der Waals surface area contributed by atoms with E-state index in [4.69, 9.17) is 0 Å². The Morgan fingerprint density at radius 3 is 2.40 bits per heavy atom. The van der Waals surface area contributed by atoms with Gasteiger partial charge in [-0.15, -0.1) is 0 Å². The van der Waals surface area contributed by atoms with Crippen LogP contribution < -0.4 is 0 Å². The second-order valence-corrected chi connectivity index (χ2v) is 6.47. The van der Waals surface area contributed by atoms with Crippen LogP contribution in [0.25, 0.3) is 5.57 Å². The highest BCUT2D eigenvalue weighted by atomic mass is 32.2. The van der Waals surface area contributed by atoms with Crippen LogP contribution in [0.3, 0.4) is 0 Å². The highest BCUT2D eigenvalue weighted by Gasteiger charge is 2.14. The fourth-order valence-corrected chi connectivity index (χ4v) is 2.41. The third kappa shape index (κ3) is 3.91. The molecular formula is C14H17NO4S. The predicted molar refractivity (Wildman–Crippen MR) is 76.8 cm³/mol. The first kappa shape index (κ1) is 14.7. The molecule has 0 atom stereocenters. The summed E-state index contributed by atoms with van der Waals surface area (Å²) < 4.78 is 26.1. The van der Waals surface area contributed by atoms with Crippen molar-refractivity contribution in [2.75, 3.05) is 26.4 Å². The van der Waals surface area contributed by atoms with E-state index < -0.39 is 16.1 Å². The molecule has 0 fully saturated rings. The lowest BCUT2D eigenvalue weighted by Gasteiger charge is -2.22. The molecule has 0 N–H and O–H groups in total. The summed E-state index contributed by atoms with van der Waals surface area (Å²) in [4.78, 5) is 13.8. The maximum absolute atomic E-state index is 11.6. The van der Waals surface area contributed by atoms with Crippen LogP contribution in [0.5, 0.6) is 0 Å². The van der Waals surface area contributed by atoms with Gasteiger partial charge in [0.1, 0.15) is 0 Å². The maximum atomic E-state index is 11.6. The molecule has 5 nitrogen and oxygen atoms in total. The molecule has 1 aliphatic heterocycles. The summed E-state index contributed by atoms with van der Waals surface area (Å²) in [6.07, 6.45) is 3.97. The molecule has 0 spiro atoms. The van der Waals surface area contributed by atoms with Crippen molar-refractivity contribution in [3.8, 4) is 0 Å². The number of rotatable bonds is 3. The monoisotopic (exact) mass is 295 g/mol. The quantitative estimate of drug-likeness (QED) is 0.791. The van der Waals surface area contributed by atoms with Crippen molar-refractivity contribution in [2.24, 2.45) is 0 Å². The zero-order valence-corrected chi connectivity index (χ0v) is 12.3. The average molecular weight is 295 g/mol. The Morgan fingerprint density at radius 1 is 1.25 bits per heavy atom. The molecule has 6 heteroatoms. The molecule has 2 rings (SSSR count). The molecule has 0 unspecified atom stereocenters. The fraction of sp³-hybridized carbons (Fsp3) is 0.357. The molecule has 0 aliphatic carbocycles.